The molecule has 0 aliphatic heterocycles. The lowest BCUT2D eigenvalue weighted by molar-refractivity contribution is -0.148. The summed E-state index contributed by atoms with van der Waals surface area (Å²) in [5, 5.41) is 5.67. The molecule has 35 heavy (non-hydrogen) atoms. The number of hydrogen-bond acceptors (Lipinski definition) is 5. The number of carbonyl (C=O) groups excluding carboxylic acids is 3. The molecule has 0 saturated carbocycles. The first-order chi connectivity index (χ1) is 16.1. The molecule has 0 spiro atoms. The molecule has 0 saturated heterocycles. The summed E-state index contributed by atoms with van der Waals surface area (Å²) in [4.78, 5) is 41.5. The molecule has 1 aromatic carbocycles. The standard InChI is InChI=1S/C27H45N3O4S/c1-10-11-12-13-28-23(31)22(20-15-18(2)14-19(3)16-20)30(26(4,5)6)24(32)21(17-35)29-25(33)34-27(7,8)9/h14-16,21-22,35H,10-13,17H2,1-9H3,(H,28,31)(H,29,33). The Morgan fingerprint density at radius 2 is 1.57 bits per heavy atom. The van der Waals surface area contributed by atoms with Crippen molar-refractivity contribution in [1.29, 1.82) is 0 Å². The number of nitrogens with zero attached hydrogens (tertiary/aromatic N) is 1. The summed E-state index contributed by atoms with van der Waals surface area (Å²) < 4.78 is 5.35. The lowest BCUT2D eigenvalue weighted by atomic mass is 9.93. The van der Waals surface area contributed by atoms with Crippen LogP contribution in [0.25, 0.3) is 0 Å². The summed E-state index contributed by atoms with van der Waals surface area (Å²) in [7, 11) is 0. The van der Waals surface area contributed by atoms with Crippen LogP contribution in [-0.4, -0.2) is 52.3 Å². The Bertz CT molecular complexity index is 854. The van der Waals surface area contributed by atoms with Gasteiger partial charge in [0.25, 0.3) is 0 Å². The first-order valence-electron chi connectivity index (χ1n) is 12.4. The van der Waals surface area contributed by atoms with E-state index in [1.165, 1.54) is 0 Å². The average molecular weight is 508 g/mol. The number of thiol groups is 1. The molecule has 0 heterocycles. The van der Waals surface area contributed by atoms with Crippen LogP contribution in [0.2, 0.25) is 0 Å². The van der Waals surface area contributed by atoms with Gasteiger partial charge in [0.15, 0.2) is 0 Å². The molecule has 8 heteroatoms. The molecule has 2 unspecified atom stereocenters. The molecule has 1 aromatic rings. The fraction of sp³-hybridized carbons (Fsp3) is 0.667. The van der Waals surface area contributed by atoms with Gasteiger partial charge in [-0.1, -0.05) is 49.1 Å². The van der Waals surface area contributed by atoms with E-state index < -0.39 is 35.2 Å². The van der Waals surface area contributed by atoms with Gasteiger partial charge in [0.2, 0.25) is 11.8 Å². The SMILES string of the molecule is CCCCCNC(=O)C(c1cc(C)cc(C)c1)N(C(=O)C(CS)NC(=O)OC(C)(C)C)C(C)(C)C. The summed E-state index contributed by atoms with van der Waals surface area (Å²) in [5.41, 5.74) is 1.30. The molecule has 0 bridgehead atoms. The summed E-state index contributed by atoms with van der Waals surface area (Å²) in [5.74, 6) is -0.585. The minimum Gasteiger partial charge on any atom is -0.444 e. The minimum atomic E-state index is -0.964. The monoisotopic (exact) mass is 507 g/mol. The Labute approximate surface area is 217 Å². The van der Waals surface area contributed by atoms with E-state index in [2.05, 4.69) is 30.2 Å². The maximum Gasteiger partial charge on any atom is 0.408 e. The quantitative estimate of drug-likeness (QED) is 0.304. The van der Waals surface area contributed by atoms with Crippen LogP contribution in [0.3, 0.4) is 0 Å². The van der Waals surface area contributed by atoms with Crippen molar-refractivity contribution in [3.05, 3.63) is 34.9 Å². The number of amides is 3. The van der Waals surface area contributed by atoms with E-state index in [0.29, 0.717) is 6.54 Å². The average Bonchev–Trinajstić information content (AvgIpc) is 2.69. The summed E-state index contributed by atoms with van der Waals surface area (Å²) in [6.07, 6.45) is 2.22. The Morgan fingerprint density at radius 3 is 2.03 bits per heavy atom. The Morgan fingerprint density at radius 1 is 1.00 bits per heavy atom. The van der Waals surface area contributed by atoms with E-state index in [1.807, 2.05) is 52.8 Å². The predicted octanol–water partition coefficient (Wildman–Crippen LogP) is 5.10. The number of hydrogen-bond donors (Lipinski definition) is 3. The van der Waals surface area contributed by atoms with Gasteiger partial charge in [-0.15, -0.1) is 0 Å². The molecule has 0 aliphatic rings. The van der Waals surface area contributed by atoms with Crippen LogP contribution in [0.4, 0.5) is 4.79 Å². The van der Waals surface area contributed by atoms with Crippen LogP contribution in [0.5, 0.6) is 0 Å². The van der Waals surface area contributed by atoms with Crippen LogP contribution in [-0.2, 0) is 14.3 Å². The normalized spacial score (nSPS) is 13.5. The number of unbranched alkanes of at least 4 members (excludes halogenated alkanes) is 2. The van der Waals surface area contributed by atoms with Crippen LogP contribution >= 0.6 is 12.6 Å². The number of nitrogens with one attached hydrogen (secondary N) is 2. The minimum absolute atomic E-state index is 0.0579. The smallest absolute Gasteiger partial charge is 0.408 e. The molecule has 2 atom stereocenters. The van der Waals surface area contributed by atoms with Crippen LogP contribution in [0, 0.1) is 13.8 Å². The molecule has 7 nitrogen and oxygen atoms in total. The molecule has 0 radical (unpaired) electrons. The van der Waals surface area contributed by atoms with Crippen molar-refractivity contribution in [2.24, 2.45) is 0 Å². The summed E-state index contributed by atoms with van der Waals surface area (Å²) >= 11 is 4.33. The third kappa shape index (κ3) is 10.1. The molecular formula is C27H45N3O4S. The molecular weight excluding hydrogens is 462 g/mol. The van der Waals surface area contributed by atoms with Gasteiger partial charge in [-0.3, -0.25) is 9.59 Å². The van der Waals surface area contributed by atoms with Crippen molar-refractivity contribution in [1.82, 2.24) is 15.5 Å². The fourth-order valence-electron chi connectivity index (χ4n) is 3.92. The molecule has 2 N–H and O–H groups in total. The molecule has 0 aliphatic carbocycles. The first-order valence-corrected chi connectivity index (χ1v) is 13.0. The highest BCUT2D eigenvalue weighted by atomic mass is 32.1. The van der Waals surface area contributed by atoms with Crippen molar-refractivity contribution in [3.8, 4) is 0 Å². The van der Waals surface area contributed by atoms with E-state index in [0.717, 1.165) is 36.0 Å². The van der Waals surface area contributed by atoms with Gasteiger partial charge in [-0.25, -0.2) is 4.79 Å². The zero-order chi connectivity index (χ0) is 27.0. The zero-order valence-corrected chi connectivity index (χ0v) is 23.8. The third-order valence-corrected chi connectivity index (χ3v) is 5.64. The molecule has 1 rings (SSSR count). The highest BCUT2D eigenvalue weighted by Crippen LogP contribution is 2.31. The third-order valence-electron chi connectivity index (χ3n) is 5.28. The van der Waals surface area contributed by atoms with Gasteiger partial charge in [0.1, 0.15) is 17.7 Å². The Kier molecular flexibility index (Phi) is 11.6. The van der Waals surface area contributed by atoms with Gasteiger partial charge >= 0.3 is 6.09 Å². The van der Waals surface area contributed by atoms with Crippen LogP contribution < -0.4 is 10.6 Å². The van der Waals surface area contributed by atoms with Gasteiger partial charge in [-0.2, -0.15) is 12.6 Å². The summed E-state index contributed by atoms with van der Waals surface area (Å²) in [6.45, 7) is 17.5. The zero-order valence-electron chi connectivity index (χ0n) is 22.9. The van der Waals surface area contributed by atoms with E-state index in [-0.39, 0.29) is 11.7 Å². The number of ether oxygens (including phenoxy) is 1. The van der Waals surface area contributed by atoms with Crippen molar-refractivity contribution >= 4 is 30.5 Å². The second-order valence-corrected chi connectivity index (χ2v) is 11.4. The van der Waals surface area contributed by atoms with Gasteiger partial charge in [-0.05, 0) is 67.4 Å². The van der Waals surface area contributed by atoms with Crippen LogP contribution in [0.1, 0.15) is 90.5 Å². The van der Waals surface area contributed by atoms with Gasteiger partial charge in [0, 0.05) is 17.8 Å². The summed E-state index contributed by atoms with van der Waals surface area (Å²) in [6, 6.07) is 4.07. The number of carbonyl (C=O) groups is 3. The number of benzene rings is 1. The van der Waals surface area contributed by atoms with Crippen molar-refractivity contribution in [2.75, 3.05) is 12.3 Å². The maximum atomic E-state index is 13.9. The fourth-order valence-corrected chi connectivity index (χ4v) is 4.16. The first kappa shape index (κ1) is 30.8. The Hall–Kier alpha value is -2.22. The molecule has 3 amide bonds. The largest absolute Gasteiger partial charge is 0.444 e. The number of aryl methyl sites for hydroxylation is 2. The van der Waals surface area contributed by atoms with E-state index >= 15 is 0 Å². The second-order valence-electron chi connectivity index (χ2n) is 11.1. The Balaban J connectivity index is 3.45. The predicted molar refractivity (Wildman–Crippen MR) is 145 cm³/mol. The van der Waals surface area contributed by atoms with Crippen molar-refractivity contribution in [3.63, 3.8) is 0 Å². The van der Waals surface area contributed by atoms with Crippen LogP contribution in [0.15, 0.2) is 18.2 Å². The highest BCUT2D eigenvalue weighted by Gasteiger charge is 2.41. The maximum absolute atomic E-state index is 13.9. The van der Waals surface area contributed by atoms with E-state index in [9.17, 15) is 14.4 Å². The van der Waals surface area contributed by atoms with E-state index in [1.54, 1.807) is 25.7 Å². The van der Waals surface area contributed by atoms with E-state index in [4.69, 9.17) is 4.74 Å². The molecule has 0 aromatic heterocycles. The molecule has 198 valence electrons. The highest BCUT2D eigenvalue weighted by molar-refractivity contribution is 7.80. The topological polar surface area (TPSA) is 87.7 Å². The number of rotatable bonds is 10. The lowest BCUT2D eigenvalue weighted by Crippen LogP contribution is -2.59. The van der Waals surface area contributed by atoms with Gasteiger partial charge in [0.05, 0.1) is 0 Å². The number of alkyl carbamates (subject to hydrolysis) is 1. The second kappa shape index (κ2) is 13.2. The van der Waals surface area contributed by atoms with Crippen molar-refractivity contribution < 1.29 is 19.1 Å². The van der Waals surface area contributed by atoms with Gasteiger partial charge < -0.3 is 20.3 Å². The molecule has 0 fully saturated rings. The lowest BCUT2D eigenvalue weighted by Gasteiger charge is -2.43. The van der Waals surface area contributed by atoms with Crippen molar-refractivity contribution in [2.45, 2.75) is 105 Å².